The summed E-state index contributed by atoms with van der Waals surface area (Å²) in [7, 11) is 0. The minimum absolute atomic E-state index is 0.0169. The zero-order valence-electron chi connectivity index (χ0n) is 19.1. The van der Waals surface area contributed by atoms with Gasteiger partial charge in [0.25, 0.3) is 5.91 Å². The van der Waals surface area contributed by atoms with Crippen LogP contribution in [0, 0.1) is 12.8 Å². The molecular formula is C25H33N3O3. The number of hydrogen-bond acceptors (Lipinski definition) is 4. The molecule has 1 fully saturated rings. The van der Waals surface area contributed by atoms with Crippen LogP contribution in [0.25, 0.3) is 0 Å². The third kappa shape index (κ3) is 6.06. The Bertz CT molecular complexity index is 928. The Labute approximate surface area is 185 Å². The van der Waals surface area contributed by atoms with E-state index >= 15 is 0 Å². The molecule has 1 aliphatic rings. The molecule has 1 aliphatic heterocycles. The summed E-state index contributed by atoms with van der Waals surface area (Å²) in [5.41, 5.74) is 2.23. The molecule has 0 bridgehead atoms. The Morgan fingerprint density at radius 1 is 1.16 bits per heavy atom. The first-order valence-corrected chi connectivity index (χ1v) is 10.9. The Kier molecular flexibility index (Phi) is 6.98. The number of rotatable bonds is 5. The van der Waals surface area contributed by atoms with Crippen LogP contribution in [0.2, 0.25) is 0 Å². The Hall–Kier alpha value is -2.89. The number of nitrogens with zero attached hydrogens (tertiary/aromatic N) is 2. The molecule has 1 atom stereocenters. The number of nitrogens with one attached hydrogen (secondary N) is 1. The fourth-order valence-electron chi connectivity index (χ4n) is 3.74. The van der Waals surface area contributed by atoms with Gasteiger partial charge in [-0.15, -0.1) is 0 Å². The van der Waals surface area contributed by atoms with Crippen LogP contribution in [0.3, 0.4) is 0 Å². The number of likely N-dealkylation sites (tertiary alicyclic amines) is 1. The highest BCUT2D eigenvalue weighted by Crippen LogP contribution is 2.26. The number of carbonyl (C=O) groups excluding carboxylic acids is 2. The molecule has 2 amide bonds. The van der Waals surface area contributed by atoms with Gasteiger partial charge < -0.3 is 15.0 Å². The molecule has 31 heavy (non-hydrogen) atoms. The molecule has 0 spiro atoms. The van der Waals surface area contributed by atoms with Crippen LogP contribution in [0.4, 0.5) is 5.82 Å². The summed E-state index contributed by atoms with van der Waals surface area (Å²) in [5, 5.41) is 2.89. The highest BCUT2D eigenvalue weighted by atomic mass is 16.5. The predicted octanol–water partition coefficient (Wildman–Crippen LogP) is 4.33. The Balaban J connectivity index is 1.52. The number of anilines is 1. The molecule has 2 aromatic rings. The van der Waals surface area contributed by atoms with E-state index in [-0.39, 0.29) is 23.1 Å². The summed E-state index contributed by atoms with van der Waals surface area (Å²) in [6.07, 6.45) is 2.38. The molecule has 3 rings (SSSR count). The third-order valence-corrected chi connectivity index (χ3v) is 5.70. The van der Waals surface area contributed by atoms with Crippen molar-refractivity contribution in [1.29, 1.82) is 0 Å². The highest BCUT2D eigenvalue weighted by Gasteiger charge is 2.30. The van der Waals surface area contributed by atoms with E-state index in [1.807, 2.05) is 37.3 Å². The molecule has 1 unspecified atom stereocenters. The summed E-state index contributed by atoms with van der Waals surface area (Å²) in [5.74, 6) is 1.08. The molecule has 0 saturated carbocycles. The SMILES string of the molecule is Cc1ccnc(NC(=O)C2CCN(C(=O)C(C)Oc3cccc(C(C)(C)C)c3)CC2)c1. The van der Waals surface area contributed by atoms with Crippen molar-refractivity contribution >= 4 is 17.6 Å². The first kappa shape index (κ1) is 22.8. The molecule has 0 radical (unpaired) electrons. The van der Waals surface area contributed by atoms with Gasteiger partial charge in [0.15, 0.2) is 6.10 Å². The number of carbonyl (C=O) groups is 2. The van der Waals surface area contributed by atoms with E-state index in [1.54, 1.807) is 18.0 Å². The van der Waals surface area contributed by atoms with Crippen LogP contribution in [0.5, 0.6) is 5.75 Å². The third-order valence-electron chi connectivity index (χ3n) is 5.70. The van der Waals surface area contributed by atoms with Crippen molar-refractivity contribution in [2.45, 2.75) is 59.0 Å². The van der Waals surface area contributed by atoms with Gasteiger partial charge in [-0.1, -0.05) is 32.9 Å². The highest BCUT2D eigenvalue weighted by molar-refractivity contribution is 5.92. The van der Waals surface area contributed by atoms with Crippen molar-refractivity contribution in [3.63, 3.8) is 0 Å². The fraction of sp³-hybridized carbons (Fsp3) is 0.480. The van der Waals surface area contributed by atoms with Crippen LogP contribution in [0.1, 0.15) is 51.7 Å². The summed E-state index contributed by atoms with van der Waals surface area (Å²) in [4.78, 5) is 31.4. The monoisotopic (exact) mass is 423 g/mol. The number of aromatic nitrogens is 1. The van der Waals surface area contributed by atoms with Crippen LogP contribution in [-0.2, 0) is 15.0 Å². The molecule has 0 aliphatic carbocycles. The standard InChI is InChI=1S/C25H33N3O3/c1-17-9-12-26-22(15-17)27-23(29)19-10-13-28(14-11-19)24(30)18(2)31-21-8-6-7-20(16-21)25(3,4)5/h6-9,12,15-16,18-19H,10-11,13-14H2,1-5H3,(H,26,27,29). The zero-order chi connectivity index (χ0) is 22.6. The van der Waals surface area contributed by atoms with Crippen LogP contribution < -0.4 is 10.1 Å². The topological polar surface area (TPSA) is 71.5 Å². The number of benzene rings is 1. The average Bonchev–Trinajstić information content (AvgIpc) is 2.73. The van der Waals surface area contributed by atoms with Gasteiger partial charge >= 0.3 is 0 Å². The van der Waals surface area contributed by atoms with Gasteiger partial charge in [0.2, 0.25) is 5.91 Å². The van der Waals surface area contributed by atoms with Gasteiger partial charge in [0.1, 0.15) is 11.6 Å². The summed E-state index contributed by atoms with van der Waals surface area (Å²) >= 11 is 0. The van der Waals surface area contributed by atoms with Gasteiger partial charge in [-0.3, -0.25) is 9.59 Å². The van der Waals surface area contributed by atoms with E-state index in [9.17, 15) is 9.59 Å². The molecule has 1 aromatic carbocycles. The number of ether oxygens (including phenoxy) is 1. The van der Waals surface area contributed by atoms with Crippen molar-refractivity contribution in [3.8, 4) is 5.75 Å². The second kappa shape index (κ2) is 9.50. The largest absolute Gasteiger partial charge is 0.481 e. The number of pyridine rings is 1. The number of piperidine rings is 1. The van der Waals surface area contributed by atoms with Crippen LogP contribution >= 0.6 is 0 Å². The number of aryl methyl sites for hydroxylation is 1. The lowest BCUT2D eigenvalue weighted by molar-refractivity contribution is -0.140. The molecule has 6 nitrogen and oxygen atoms in total. The van der Waals surface area contributed by atoms with Crippen molar-refractivity contribution < 1.29 is 14.3 Å². The lowest BCUT2D eigenvalue weighted by Crippen LogP contribution is -2.46. The summed E-state index contributed by atoms with van der Waals surface area (Å²) in [6, 6.07) is 11.7. The van der Waals surface area contributed by atoms with E-state index < -0.39 is 6.10 Å². The number of amides is 2. The molecule has 1 aromatic heterocycles. The van der Waals surface area contributed by atoms with E-state index in [0.717, 1.165) is 5.56 Å². The van der Waals surface area contributed by atoms with Crippen molar-refractivity contribution in [3.05, 3.63) is 53.7 Å². The van der Waals surface area contributed by atoms with Crippen molar-refractivity contribution in [2.75, 3.05) is 18.4 Å². The van der Waals surface area contributed by atoms with Crippen molar-refractivity contribution in [1.82, 2.24) is 9.88 Å². The van der Waals surface area contributed by atoms with Crippen molar-refractivity contribution in [2.24, 2.45) is 5.92 Å². The smallest absolute Gasteiger partial charge is 0.263 e. The molecule has 2 heterocycles. The maximum atomic E-state index is 12.9. The molecule has 166 valence electrons. The van der Waals surface area contributed by atoms with Gasteiger partial charge in [0.05, 0.1) is 0 Å². The first-order chi connectivity index (χ1) is 14.6. The van der Waals surface area contributed by atoms with E-state index in [1.165, 1.54) is 5.56 Å². The van der Waals surface area contributed by atoms with Crippen LogP contribution in [-0.4, -0.2) is 40.9 Å². The Morgan fingerprint density at radius 2 is 1.87 bits per heavy atom. The lowest BCUT2D eigenvalue weighted by Gasteiger charge is -2.33. The van der Waals surface area contributed by atoms with Gasteiger partial charge in [-0.2, -0.15) is 0 Å². The van der Waals surface area contributed by atoms with E-state index in [0.29, 0.717) is 37.5 Å². The van der Waals surface area contributed by atoms with Gasteiger partial charge in [0, 0.05) is 25.2 Å². The predicted molar refractivity (Wildman–Crippen MR) is 122 cm³/mol. The zero-order valence-corrected chi connectivity index (χ0v) is 19.1. The maximum Gasteiger partial charge on any atom is 0.263 e. The normalized spacial score (nSPS) is 16.0. The maximum absolute atomic E-state index is 12.9. The van der Waals surface area contributed by atoms with Crippen LogP contribution in [0.15, 0.2) is 42.6 Å². The fourth-order valence-corrected chi connectivity index (χ4v) is 3.74. The first-order valence-electron chi connectivity index (χ1n) is 10.9. The lowest BCUT2D eigenvalue weighted by atomic mass is 9.87. The minimum Gasteiger partial charge on any atom is -0.481 e. The van der Waals surface area contributed by atoms with Gasteiger partial charge in [-0.05, 0) is 67.5 Å². The average molecular weight is 424 g/mol. The Morgan fingerprint density at radius 3 is 2.52 bits per heavy atom. The second-order valence-electron chi connectivity index (χ2n) is 9.35. The number of hydrogen-bond donors (Lipinski definition) is 1. The second-order valence-corrected chi connectivity index (χ2v) is 9.35. The van der Waals surface area contributed by atoms with Gasteiger partial charge in [-0.25, -0.2) is 4.98 Å². The molecule has 1 N–H and O–H groups in total. The van der Waals surface area contributed by atoms with E-state index in [2.05, 4.69) is 37.1 Å². The molecule has 6 heteroatoms. The van der Waals surface area contributed by atoms with E-state index in [4.69, 9.17) is 4.74 Å². The summed E-state index contributed by atoms with van der Waals surface area (Å²) < 4.78 is 5.95. The quantitative estimate of drug-likeness (QED) is 0.777. The molecular weight excluding hydrogens is 390 g/mol. The summed E-state index contributed by atoms with van der Waals surface area (Å²) in [6.45, 7) is 11.3. The minimum atomic E-state index is -0.572. The molecule has 1 saturated heterocycles.